The Morgan fingerprint density at radius 3 is 2.43 bits per heavy atom. The molecule has 0 aliphatic carbocycles. The molecule has 0 radical (unpaired) electrons. The molecule has 1 N–H and O–H groups in total. The van der Waals surface area contributed by atoms with Crippen molar-refractivity contribution in [2.75, 3.05) is 6.54 Å². The molecule has 0 bridgehead atoms. The van der Waals surface area contributed by atoms with Crippen LogP contribution in [0.25, 0.3) is 0 Å². The third kappa shape index (κ3) is 4.74. The van der Waals surface area contributed by atoms with E-state index in [1.54, 1.807) is 20.8 Å². The second-order valence-corrected chi connectivity index (χ2v) is 6.83. The molecule has 1 unspecified atom stereocenters. The number of ether oxygens (including phenoxy) is 1. The lowest BCUT2D eigenvalue weighted by Crippen LogP contribution is -2.42. The smallest absolute Gasteiger partial charge is 0.411 e. The lowest BCUT2D eigenvalue weighted by molar-refractivity contribution is -0.143. The fourth-order valence-corrected chi connectivity index (χ4v) is 2.97. The summed E-state index contributed by atoms with van der Waals surface area (Å²) in [6.45, 7) is 9.38. The summed E-state index contributed by atoms with van der Waals surface area (Å²) in [5.74, 6) is -1.04. The Kier molecular flexibility index (Phi) is 5.78. The number of aryl methyl sites for hydroxylation is 1. The first-order valence-corrected chi connectivity index (χ1v) is 7.81. The summed E-state index contributed by atoms with van der Waals surface area (Å²) in [7, 11) is 0. The van der Waals surface area contributed by atoms with Gasteiger partial charge in [-0.25, -0.2) is 9.59 Å². The fraction of sp³-hybridized carbons (Fsp3) is 0.600. The molecular weight excluding hydrogens is 290 g/mol. The van der Waals surface area contributed by atoms with Gasteiger partial charge < -0.3 is 9.84 Å². The van der Waals surface area contributed by atoms with Gasteiger partial charge in [-0.1, -0.05) is 6.92 Å². The summed E-state index contributed by atoms with van der Waals surface area (Å²) in [5, 5.41) is 11.4. The van der Waals surface area contributed by atoms with Gasteiger partial charge in [0.05, 0.1) is 0 Å². The largest absolute Gasteiger partial charge is 0.479 e. The van der Waals surface area contributed by atoms with Gasteiger partial charge in [0.2, 0.25) is 0 Å². The number of amides is 1. The van der Waals surface area contributed by atoms with Gasteiger partial charge >= 0.3 is 12.1 Å². The number of hydrogen-bond acceptors (Lipinski definition) is 4. The van der Waals surface area contributed by atoms with Gasteiger partial charge in [0.25, 0.3) is 0 Å². The highest BCUT2D eigenvalue weighted by Gasteiger charge is 2.35. The van der Waals surface area contributed by atoms with E-state index in [1.807, 2.05) is 25.3 Å². The van der Waals surface area contributed by atoms with E-state index in [0.717, 1.165) is 5.56 Å². The number of nitrogens with zero attached hydrogens (tertiary/aromatic N) is 1. The first kappa shape index (κ1) is 17.5. The van der Waals surface area contributed by atoms with Crippen LogP contribution in [0.3, 0.4) is 0 Å². The van der Waals surface area contributed by atoms with E-state index in [1.165, 1.54) is 16.2 Å². The summed E-state index contributed by atoms with van der Waals surface area (Å²) in [6.07, 6.45) is 0.0672. The first-order chi connectivity index (χ1) is 9.67. The predicted molar refractivity (Wildman–Crippen MR) is 82.7 cm³/mol. The second kappa shape index (κ2) is 6.93. The van der Waals surface area contributed by atoms with E-state index >= 15 is 0 Å². The molecule has 5 nitrogen and oxygen atoms in total. The third-order valence-electron chi connectivity index (χ3n) is 2.79. The molecule has 0 aliphatic rings. The Labute approximate surface area is 129 Å². The van der Waals surface area contributed by atoms with Crippen molar-refractivity contribution in [1.82, 2.24) is 4.90 Å². The third-order valence-corrected chi connectivity index (χ3v) is 3.86. The molecule has 1 rings (SSSR count). The van der Waals surface area contributed by atoms with E-state index in [-0.39, 0.29) is 0 Å². The molecule has 6 heteroatoms. The topological polar surface area (TPSA) is 66.8 Å². The van der Waals surface area contributed by atoms with Crippen molar-refractivity contribution in [3.05, 3.63) is 21.9 Å². The average Bonchev–Trinajstić information content (AvgIpc) is 2.72. The Hall–Kier alpha value is -1.56. The van der Waals surface area contributed by atoms with Crippen LogP contribution in [-0.2, 0) is 9.53 Å². The van der Waals surface area contributed by atoms with Crippen LogP contribution >= 0.6 is 11.3 Å². The zero-order valence-corrected chi connectivity index (χ0v) is 14.0. The second-order valence-electron chi connectivity index (χ2n) is 5.88. The van der Waals surface area contributed by atoms with E-state index < -0.39 is 23.7 Å². The number of hydrogen-bond donors (Lipinski definition) is 1. The number of carboxylic acids is 1. The molecule has 0 aromatic carbocycles. The summed E-state index contributed by atoms with van der Waals surface area (Å²) >= 11 is 1.35. The highest BCUT2D eigenvalue weighted by atomic mass is 32.1. The van der Waals surface area contributed by atoms with Crippen molar-refractivity contribution in [1.29, 1.82) is 0 Å². The maximum atomic E-state index is 12.3. The van der Waals surface area contributed by atoms with Gasteiger partial charge in [0.1, 0.15) is 5.60 Å². The molecule has 1 atom stereocenters. The highest BCUT2D eigenvalue weighted by molar-refractivity contribution is 7.10. The monoisotopic (exact) mass is 313 g/mol. The molecule has 0 aliphatic heterocycles. The van der Waals surface area contributed by atoms with Crippen LogP contribution in [0.1, 0.15) is 50.6 Å². The minimum atomic E-state index is -1.04. The molecule has 0 fully saturated rings. The number of carboxylic acid groups (broad SMARTS) is 1. The van der Waals surface area contributed by atoms with Gasteiger partial charge in [0, 0.05) is 11.4 Å². The maximum absolute atomic E-state index is 12.3. The van der Waals surface area contributed by atoms with Crippen LogP contribution in [0.2, 0.25) is 0 Å². The van der Waals surface area contributed by atoms with Crippen molar-refractivity contribution in [2.24, 2.45) is 0 Å². The van der Waals surface area contributed by atoms with Crippen LogP contribution in [0.5, 0.6) is 0 Å². The van der Waals surface area contributed by atoms with Crippen molar-refractivity contribution < 1.29 is 19.4 Å². The lowest BCUT2D eigenvalue weighted by atomic mass is 10.1. The number of rotatable bonds is 5. The molecule has 0 spiro atoms. The number of aliphatic carboxylic acids is 1. The molecule has 1 aromatic rings. The molecule has 0 saturated heterocycles. The number of thiophene rings is 1. The van der Waals surface area contributed by atoms with Gasteiger partial charge in [0.15, 0.2) is 6.04 Å². The summed E-state index contributed by atoms with van der Waals surface area (Å²) in [4.78, 5) is 26.0. The minimum absolute atomic E-state index is 0.337. The van der Waals surface area contributed by atoms with E-state index in [4.69, 9.17) is 4.74 Å². The van der Waals surface area contributed by atoms with E-state index in [2.05, 4.69) is 0 Å². The zero-order valence-electron chi connectivity index (χ0n) is 13.2. The molecule has 1 aromatic heterocycles. The summed E-state index contributed by atoms with van der Waals surface area (Å²) < 4.78 is 5.35. The predicted octanol–water partition coefficient (Wildman–Crippen LogP) is 3.83. The van der Waals surface area contributed by atoms with Crippen LogP contribution in [0.15, 0.2) is 11.4 Å². The van der Waals surface area contributed by atoms with Crippen LogP contribution in [0.4, 0.5) is 4.79 Å². The molecule has 1 heterocycles. The van der Waals surface area contributed by atoms with E-state index in [0.29, 0.717) is 17.8 Å². The van der Waals surface area contributed by atoms with Gasteiger partial charge in [-0.3, -0.25) is 4.90 Å². The Morgan fingerprint density at radius 1 is 1.43 bits per heavy atom. The van der Waals surface area contributed by atoms with E-state index in [9.17, 15) is 14.7 Å². The average molecular weight is 313 g/mol. The molecule has 0 saturated carbocycles. The standard InChI is InChI=1S/C15H23NO4S/c1-6-8-16(14(19)20-15(3,4)5)11(13(17)18)12-10(2)7-9-21-12/h7,9,11H,6,8H2,1-5H3,(H,17,18). The molecule has 21 heavy (non-hydrogen) atoms. The van der Waals surface area contributed by atoms with Crippen LogP contribution in [-0.4, -0.2) is 34.2 Å². The SMILES string of the molecule is CCCN(C(=O)OC(C)(C)C)C(C(=O)O)c1sccc1C. The van der Waals surface area contributed by atoms with Gasteiger partial charge in [-0.05, 0) is 51.1 Å². The minimum Gasteiger partial charge on any atom is -0.479 e. The quantitative estimate of drug-likeness (QED) is 0.897. The summed E-state index contributed by atoms with van der Waals surface area (Å²) in [6, 6.07) is 0.856. The number of carbonyl (C=O) groups excluding carboxylic acids is 1. The zero-order chi connectivity index (χ0) is 16.2. The van der Waals surface area contributed by atoms with Gasteiger partial charge in [-0.2, -0.15) is 0 Å². The van der Waals surface area contributed by atoms with Crippen molar-refractivity contribution in [3.63, 3.8) is 0 Å². The fourth-order valence-electron chi connectivity index (χ4n) is 1.94. The Bertz CT molecular complexity index is 504. The maximum Gasteiger partial charge on any atom is 0.411 e. The normalized spacial score (nSPS) is 12.8. The Balaban J connectivity index is 3.13. The summed E-state index contributed by atoms with van der Waals surface area (Å²) in [5.41, 5.74) is 0.216. The van der Waals surface area contributed by atoms with Crippen molar-refractivity contribution in [3.8, 4) is 0 Å². The van der Waals surface area contributed by atoms with Gasteiger partial charge in [-0.15, -0.1) is 11.3 Å². The molecule has 118 valence electrons. The van der Waals surface area contributed by atoms with Crippen molar-refractivity contribution >= 4 is 23.4 Å². The van der Waals surface area contributed by atoms with Crippen molar-refractivity contribution in [2.45, 2.75) is 52.7 Å². The lowest BCUT2D eigenvalue weighted by Gasteiger charge is -2.31. The van der Waals surface area contributed by atoms with Crippen LogP contribution in [0, 0.1) is 6.92 Å². The highest BCUT2D eigenvalue weighted by Crippen LogP contribution is 2.30. The first-order valence-electron chi connectivity index (χ1n) is 6.93. The number of carbonyl (C=O) groups is 2. The molecule has 1 amide bonds. The van der Waals surface area contributed by atoms with Crippen LogP contribution < -0.4 is 0 Å². The Morgan fingerprint density at radius 2 is 2.05 bits per heavy atom. The molecular formula is C15H23NO4S.